The fourth-order valence-corrected chi connectivity index (χ4v) is 1.80. The van der Waals surface area contributed by atoms with Crippen LogP contribution in [0.5, 0.6) is 0 Å². The molecule has 0 aliphatic rings. The van der Waals surface area contributed by atoms with E-state index in [1.807, 2.05) is 27.7 Å². The van der Waals surface area contributed by atoms with Gasteiger partial charge in [0.25, 0.3) is 0 Å². The Hall–Kier alpha value is -0.610. The molecule has 0 unspecified atom stereocenters. The summed E-state index contributed by atoms with van der Waals surface area (Å²) in [4.78, 5) is 11.8. The molecule has 0 aliphatic heterocycles. The molecule has 0 aliphatic carbocycles. The van der Waals surface area contributed by atoms with Crippen LogP contribution in [0.25, 0.3) is 0 Å². The van der Waals surface area contributed by atoms with E-state index in [0.29, 0.717) is 18.9 Å². The Balaban J connectivity index is 4.21. The van der Waals surface area contributed by atoms with E-state index in [-0.39, 0.29) is 17.9 Å². The second-order valence-electron chi connectivity index (χ2n) is 5.32. The fraction of sp³-hybridized carbons (Fsp3) is 0.923. The van der Waals surface area contributed by atoms with E-state index in [4.69, 9.17) is 5.73 Å². The second-order valence-corrected chi connectivity index (χ2v) is 5.32. The second kappa shape index (κ2) is 7.67. The third-order valence-electron chi connectivity index (χ3n) is 3.54. The minimum absolute atomic E-state index is 0.0969. The van der Waals surface area contributed by atoms with Crippen molar-refractivity contribution in [1.82, 2.24) is 5.32 Å². The van der Waals surface area contributed by atoms with E-state index in [1.165, 1.54) is 0 Å². The highest BCUT2D eigenvalue weighted by Crippen LogP contribution is 2.24. The fourth-order valence-electron chi connectivity index (χ4n) is 1.80. The number of carbonyl (C=O) groups is 1. The zero-order valence-corrected chi connectivity index (χ0v) is 11.6. The normalized spacial score (nSPS) is 13.8. The first-order valence-corrected chi connectivity index (χ1v) is 6.55. The first-order chi connectivity index (χ1) is 7.90. The van der Waals surface area contributed by atoms with Gasteiger partial charge in [-0.25, -0.2) is 0 Å². The standard InChI is InChI=1S/C13H28N2O2/c1-5-13(6-2,9-16)8-15-12(17)11(14)7-10(3)4/h10-11,16H,5-9,14H2,1-4H3,(H,15,17)/t11-/m1/s1. The Kier molecular flexibility index (Phi) is 7.39. The molecule has 1 amide bonds. The first-order valence-electron chi connectivity index (χ1n) is 6.55. The van der Waals surface area contributed by atoms with Crippen LogP contribution in [0.15, 0.2) is 0 Å². The Morgan fingerprint density at radius 2 is 1.88 bits per heavy atom. The molecule has 0 heterocycles. The molecule has 0 saturated carbocycles. The number of amides is 1. The molecule has 102 valence electrons. The number of hydrogen-bond acceptors (Lipinski definition) is 3. The van der Waals surface area contributed by atoms with Crippen molar-refractivity contribution in [3.05, 3.63) is 0 Å². The molecular weight excluding hydrogens is 216 g/mol. The number of nitrogens with two attached hydrogens (primary N) is 1. The van der Waals surface area contributed by atoms with Crippen molar-refractivity contribution in [3.63, 3.8) is 0 Å². The van der Waals surface area contributed by atoms with Gasteiger partial charge in [-0.1, -0.05) is 27.7 Å². The van der Waals surface area contributed by atoms with Crippen molar-refractivity contribution in [2.75, 3.05) is 13.2 Å². The molecule has 0 aromatic carbocycles. The highest BCUT2D eigenvalue weighted by molar-refractivity contribution is 5.81. The molecule has 4 N–H and O–H groups in total. The van der Waals surface area contributed by atoms with Crippen LogP contribution in [-0.2, 0) is 4.79 Å². The number of nitrogens with one attached hydrogen (secondary N) is 1. The number of aliphatic hydroxyl groups excluding tert-OH is 1. The average Bonchev–Trinajstić information content (AvgIpc) is 2.30. The van der Waals surface area contributed by atoms with Gasteiger partial charge in [-0.3, -0.25) is 4.79 Å². The predicted molar refractivity (Wildman–Crippen MR) is 70.5 cm³/mol. The van der Waals surface area contributed by atoms with Gasteiger partial charge in [0.2, 0.25) is 5.91 Å². The van der Waals surface area contributed by atoms with E-state index >= 15 is 0 Å². The molecule has 17 heavy (non-hydrogen) atoms. The van der Waals surface area contributed by atoms with Gasteiger partial charge in [-0.2, -0.15) is 0 Å². The summed E-state index contributed by atoms with van der Waals surface area (Å²) < 4.78 is 0. The number of hydrogen-bond donors (Lipinski definition) is 3. The molecule has 0 aromatic rings. The van der Waals surface area contributed by atoms with Gasteiger partial charge in [-0.15, -0.1) is 0 Å². The van der Waals surface area contributed by atoms with Crippen LogP contribution < -0.4 is 11.1 Å². The maximum atomic E-state index is 11.8. The molecule has 1 atom stereocenters. The van der Waals surface area contributed by atoms with E-state index in [2.05, 4.69) is 5.32 Å². The van der Waals surface area contributed by atoms with Gasteiger partial charge in [0.15, 0.2) is 0 Å². The van der Waals surface area contributed by atoms with Gasteiger partial charge in [-0.05, 0) is 25.2 Å². The summed E-state index contributed by atoms with van der Waals surface area (Å²) in [6.07, 6.45) is 2.38. The lowest BCUT2D eigenvalue weighted by Crippen LogP contribution is -2.46. The predicted octanol–water partition coefficient (Wildman–Crippen LogP) is 1.27. The summed E-state index contributed by atoms with van der Waals surface area (Å²) in [7, 11) is 0. The Bertz CT molecular complexity index is 217. The lowest BCUT2D eigenvalue weighted by molar-refractivity contribution is -0.123. The van der Waals surface area contributed by atoms with Crippen molar-refractivity contribution in [3.8, 4) is 0 Å². The molecule has 0 saturated heterocycles. The quantitative estimate of drug-likeness (QED) is 0.602. The minimum Gasteiger partial charge on any atom is -0.396 e. The van der Waals surface area contributed by atoms with Crippen LogP contribution in [-0.4, -0.2) is 30.2 Å². The maximum Gasteiger partial charge on any atom is 0.236 e. The number of rotatable bonds is 8. The van der Waals surface area contributed by atoms with Crippen LogP contribution in [0.2, 0.25) is 0 Å². The Morgan fingerprint density at radius 1 is 1.35 bits per heavy atom. The minimum atomic E-state index is -0.444. The van der Waals surface area contributed by atoms with Gasteiger partial charge in [0, 0.05) is 12.0 Å². The number of carbonyl (C=O) groups excluding carboxylic acids is 1. The summed E-state index contributed by atoms with van der Waals surface area (Å²) in [6.45, 7) is 8.74. The van der Waals surface area contributed by atoms with Crippen molar-refractivity contribution in [1.29, 1.82) is 0 Å². The lowest BCUT2D eigenvalue weighted by atomic mass is 9.83. The first kappa shape index (κ1) is 16.4. The van der Waals surface area contributed by atoms with Crippen molar-refractivity contribution in [2.45, 2.75) is 53.0 Å². The largest absolute Gasteiger partial charge is 0.396 e. The van der Waals surface area contributed by atoms with Crippen LogP contribution in [0.4, 0.5) is 0 Å². The summed E-state index contributed by atoms with van der Waals surface area (Å²) in [5, 5.41) is 12.2. The smallest absolute Gasteiger partial charge is 0.236 e. The van der Waals surface area contributed by atoms with E-state index < -0.39 is 6.04 Å². The van der Waals surface area contributed by atoms with Gasteiger partial charge in [0.05, 0.1) is 12.6 Å². The van der Waals surface area contributed by atoms with Crippen molar-refractivity contribution in [2.24, 2.45) is 17.1 Å². The molecule has 0 fully saturated rings. The third-order valence-corrected chi connectivity index (χ3v) is 3.54. The van der Waals surface area contributed by atoms with E-state index in [1.54, 1.807) is 0 Å². The summed E-state index contributed by atoms with van der Waals surface area (Å²) >= 11 is 0. The van der Waals surface area contributed by atoms with Crippen molar-refractivity contribution < 1.29 is 9.90 Å². The molecule has 0 rings (SSSR count). The van der Waals surface area contributed by atoms with E-state index in [0.717, 1.165) is 12.8 Å². The summed E-state index contributed by atoms with van der Waals surface area (Å²) in [5.74, 6) is 0.300. The zero-order valence-electron chi connectivity index (χ0n) is 11.6. The highest BCUT2D eigenvalue weighted by Gasteiger charge is 2.26. The van der Waals surface area contributed by atoms with Gasteiger partial charge >= 0.3 is 0 Å². The third kappa shape index (κ3) is 5.50. The van der Waals surface area contributed by atoms with Gasteiger partial charge < -0.3 is 16.2 Å². The topological polar surface area (TPSA) is 75.3 Å². The molecule has 0 bridgehead atoms. The van der Waals surface area contributed by atoms with Crippen molar-refractivity contribution >= 4 is 5.91 Å². The molecule has 0 aromatic heterocycles. The van der Waals surface area contributed by atoms with E-state index in [9.17, 15) is 9.90 Å². The van der Waals surface area contributed by atoms with Crippen LogP contribution in [0.3, 0.4) is 0 Å². The zero-order chi connectivity index (χ0) is 13.5. The maximum absolute atomic E-state index is 11.8. The Labute approximate surface area is 105 Å². The van der Waals surface area contributed by atoms with Crippen LogP contribution >= 0.6 is 0 Å². The van der Waals surface area contributed by atoms with Crippen LogP contribution in [0, 0.1) is 11.3 Å². The lowest BCUT2D eigenvalue weighted by Gasteiger charge is -2.30. The molecule has 4 nitrogen and oxygen atoms in total. The molecular formula is C13H28N2O2. The van der Waals surface area contributed by atoms with Crippen LogP contribution in [0.1, 0.15) is 47.0 Å². The monoisotopic (exact) mass is 244 g/mol. The Morgan fingerprint density at radius 3 is 2.24 bits per heavy atom. The van der Waals surface area contributed by atoms with Gasteiger partial charge in [0.1, 0.15) is 0 Å². The average molecular weight is 244 g/mol. The number of aliphatic hydroxyl groups is 1. The highest BCUT2D eigenvalue weighted by atomic mass is 16.3. The summed E-state index contributed by atoms with van der Waals surface area (Å²) in [5.41, 5.74) is 5.60. The molecule has 4 heteroatoms. The SMILES string of the molecule is CCC(CC)(CO)CNC(=O)[C@H](N)CC(C)C. The summed E-state index contributed by atoms with van der Waals surface area (Å²) in [6, 6.07) is -0.444. The molecule has 0 radical (unpaired) electrons. The molecule has 0 spiro atoms.